The standard InChI is InChI=1S/C22H19NO2.C17H15NO3/c1-24-17-11-7-15(8-12-17)21-19-5-3-4-6-20(19)23-22(21)16-9-13-18(25-2)14-10-16;1-11(17(20)21)12-6-8-14(9-7-12)18-10-13-4-2-3-5-15(13)16(18)19/h3-14,23H,1-2H3;2-9,11H,10H2,1H3,(H,20,21). The summed E-state index contributed by atoms with van der Waals surface area (Å²) in [5, 5.41) is 10.2. The minimum atomic E-state index is -0.854. The number of nitrogens with zero attached hydrogens (tertiary/aromatic N) is 1. The number of hydrogen-bond acceptors (Lipinski definition) is 4. The van der Waals surface area contributed by atoms with Crippen molar-refractivity contribution in [3.05, 3.63) is 138 Å². The van der Waals surface area contributed by atoms with E-state index in [0.717, 1.165) is 56.2 Å². The number of carboxylic acid groups (broad SMARTS) is 1. The minimum absolute atomic E-state index is 0.00960. The number of carbonyl (C=O) groups is 2. The van der Waals surface area contributed by atoms with E-state index in [9.17, 15) is 9.59 Å². The van der Waals surface area contributed by atoms with Crippen LogP contribution in [0.2, 0.25) is 0 Å². The van der Waals surface area contributed by atoms with Gasteiger partial charge in [0.2, 0.25) is 0 Å². The fourth-order valence-electron chi connectivity index (χ4n) is 5.72. The van der Waals surface area contributed by atoms with E-state index in [1.54, 1.807) is 50.3 Å². The lowest BCUT2D eigenvalue weighted by atomic mass is 9.98. The van der Waals surface area contributed by atoms with Gasteiger partial charge in [0.25, 0.3) is 5.91 Å². The summed E-state index contributed by atoms with van der Waals surface area (Å²) in [4.78, 5) is 28.6. The van der Waals surface area contributed by atoms with E-state index >= 15 is 0 Å². The maximum Gasteiger partial charge on any atom is 0.310 e. The maximum atomic E-state index is 12.4. The molecular formula is C39H34N2O5. The topological polar surface area (TPSA) is 91.9 Å². The molecule has 1 aliphatic heterocycles. The first kappa shape index (κ1) is 30.2. The largest absolute Gasteiger partial charge is 0.497 e. The molecule has 1 aromatic heterocycles. The highest BCUT2D eigenvalue weighted by atomic mass is 16.5. The first-order valence-corrected chi connectivity index (χ1v) is 15.0. The van der Waals surface area contributed by atoms with Crippen molar-refractivity contribution >= 4 is 28.5 Å². The van der Waals surface area contributed by atoms with Crippen LogP contribution < -0.4 is 14.4 Å². The summed E-state index contributed by atoms with van der Waals surface area (Å²) >= 11 is 0. The third-order valence-electron chi connectivity index (χ3n) is 8.36. The van der Waals surface area contributed by atoms with Gasteiger partial charge in [-0.15, -0.1) is 0 Å². The van der Waals surface area contributed by atoms with Crippen molar-refractivity contribution in [2.45, 2.75) is 19.4 Å². The van der Waals surface area contributed by atoms with Crippen LogP contribution in [-0.4, -0.2) is 36.2 Å². The number of aromatic nitrogens is 1. The number of carboxylic acids is 1. The Morgan fingerprint density at radius 2 is 1.35 bits per heavy atom. The van der Waals surface area contributed by atoms with Crippen LogP contribution >= 0.6 is 0 Å². The van der Waals surface area contributed by atoms with E-state index in [1.807, 2.05) is 48.5 Å². The van der Waals surface area contributed by atoms with Gasteiger partial charge >= 0.3 is 5.97 Å². The lowest BCUT2D eigenvalue weighted by Gasteiger charge is -2.16. The van der Waals surface area contributed by atoms with E-state index < -0.39 is 11.9 Å². The number of nitrogens with one attached hydrogen (secondary N) is 1. The van der Waals surface area contributed by atoms with Gasteiger partial charge in [0.1, 0.15) is 11.5 Å². The smallest absolute Gasteiger partial charge is 0.310 e. The number of benzene rings is 5. The molecule has 6 aromatic rings. The van der Waals surface area contributed by atoms with Gasteiger partial charge in [-0.2, -0.15) is 0 Å². The van der Waals surface area contributed by atoms with Gasteiger partial charge < -0.3 is 24.5 Å². The van der Waals surface area contributed by atoms with Gasteiger partial charge in [-0.05, 0) is 89.8 Å². The Hall–Kier alpha value is -5.82. The minimum Gasteiger partial charge on any atom is -0.497 e. The highest BCUT2D eigenvalue weighted by molar-refractivity contribution is 6.10. The molecule has 2 N–H and O–H groups in total. The highest BCUT2D eigenvalue weighted by Crippen LogP contribution is 2.39. The molecule has 2 heterocycles. The molecule has 0 radical (unpaired) electrons. The Labute approximate surface area is 267 Å². The fraction of sp³-hybridized carbons (Fsp3) is 0.128. The molecule has 0 bridgehead atoms. The lowest BCUT2D eigenvalue weighted by molar-refractivity contribution is -0.138. The SMILES string of the molecule is CC(C(=O)O)c1ccc(N2Cc3ccccc3C2=O)cc1.COc1ccc(-c2[nH]c3ccccc3c2-c2ccc(OC)cc2)cc1. The van der Waals surface area contributed by atoms with Gasteiger partial charge in [-0.3, -0.25) is 9.59 Å². The number of methoxy groups -OCH3 is 2. The van der Waals surface area contributed by atoms with Crippen LogP contribution in [0, 0.1) is 0 Å². The number of fused-ring (bicyclic) bond motifs is 2. The molecule has 0 aliphatic carbocycles. The highest BCUT2D eigenvalue weighted by Gasteiger charge is 2.28. The molecule has 5 aromatic carbocycles. The number of amides is 1. The molecule has 7 heteroatoms. The molecule has 0 saturated heterocycles. The van der Waals surface area contributed by atoms with E-state index in [-0.39, 0.29) is 5.91 Å². The van der Waals surface area contributed by atoms with Crippen LogP contribution in [0.15, 0.2) is 121 Å². The third kappa shape index (κ3) is 5.95. The monoisotopic (exact) mass is 610 g/mol. The number of carbonyl (C=O) groups excluding carboxylic acids is 1. The molecular weight excluding hydrogens is 576 g/mol. The van der Waals surface area contributed by atoms with Gasteiger partial charge in [0.05, 0.1) is 32.4 Å². The zero-order valence-electron chi connectivity index (χ0n) is 25.9. The van der Waals surface area contributed by atoms with Gasteiger partial charge in [-0.25, -0.2) is 0 Å². The van der Waals surface area contributed by atoms with E-state index in [0.29, 0.717) is 6.54 Å². The second-order valence-electron chi connectivity index (χ2n) is 11.1. The Balaban J connectivity index is 0.000000164. The second-order valence-corrected chi connectivity index (χ2v) is 11.1. The van der Waals surface area contributed by atoms with Gasteiger partial charge in [0, 0.05) is 27.7 Å². The molecule has 1 aliphatic rings. The molecule has 1 amide bonds. The van der Waals surface area contributed by atoms with Crippen molar-refractivity contribution in [2.24, 2.45) is 0 Å². The molecule has 1 unspecified atom stereocenters. The first-order chi connectivity index (χ1) is 22.4. The summed E-state index contributed by atoms with van der Waals surface area (Å²) < 4.78 is 10.6. The first-order valence-electron chi connectivity index (χ1n) is 15.0. The molecule has 0 fully saturated rings. The molecule has 7 nitrogen and oxygen atoms in total. The number of ether oxygens (including phenoxy) is 2. The number of anilines is 1. The quantitative estimate of drug-likeness (QED) is 0.189. The molecule has 46 heavy (non-hydrogen) atoms. The van der Waals surface area contributed by atoms with Crippen LogP contribution in [0.1, 0.15) is 34.3 Å². The molecule has 0 saturated carbocycles. The van der Waals surface area contributed by atoms with Crippen LogP contribution in [0.5, 0.6) is 11.5 Å². The van der Waals surface area contributed by atoms with Gasteiger partial charge in [-0.1, -0.05) is 60.7 Å². The van der Waals surface area contributed by atoms with Crippen LogP contribution in [0.25, 0.3) is 33.3 Å². The van der Waals surface area contributed by atoms with Crippen LogP contribution in [0.3, 0.4) is 0 Å². The van der Waals surface area contributed by atoms with E-state index in [2.05, 4.69) is 53.5 Å². The number of para-hydroxylation sites is 1. The van der Waals surface area contributed by atoms with E-state index in [1.165, 1.54) is 10.9 Å². The van der Waals surface area contributed by atoms with Crippen molar-refractivity contribution in [1.82, 2.24) is 4.98 Å². The molecule has 230 valence electrons. The summed E-state index contributed by atoms with van der Waals surface area (Å²) in [5.74, 6) is 0.294. The molecule has 1 atom stereocenters. The summed E-state index contributed by atoms with van der Waals surface area (Å²) in [6.07, 6.45) is 0. The average Bonchev–Trinajstić information content (AvgIpc) is 3.66. The summed E-state index contributed by atoms with van der Waals surface area (Å²) in [6.45, 7) is 2.21. The second kappa shape index (κ2) is 13.0. The van der Waals surface area contributed by atoms with Crippen LogP contribution in [0.4, 0.5) is 5.69 Å². The summed E-state index contributed by atoms with van der Waals surface area (Å²) in [6, 6.07) is 39.4. The number of rotatable bonds is 7. The summed E-state index contributed by atoms with van der Waals surface area (Å²) in [7, 11) is 3.37. The molecule has 7 rings (SSSR count). The van der Waals surface area contributed by atoms with Crippen LogP contribution in [-0.2, 0) is 11.3 Å². The Morgan fingerprint density at radius 3 is 1.96 bits per heavy atom. The number of aromatic amines is 1. The average molecular weight is 611 g/mol. The fourth-order valence-corrected chi connectivity index (χ4v) is 5.72. The zero-order chi connectivity index (χ0) is 32.2. The van der Waals surface area contributed by atoms with Crippen molar-refractivity contribution in [3.8, 4) is 33.9 Å². The predicted octanol–water partition coefficient (Wildman–Crippen LogP) is 8.55. The molecule has 0 spiro atoms. The normalized spacial score (nSPS) is 12.7. The van der Waals surface area contributed by atoms with Crippen molar-refractivity contribution in [3.63, 3.8) is 0 Å². The van der Waals surface area contributed by atoms with Crippen molar-refractivity contribution in [2.75, 3.05) is 19.1 Å². The van der Waals surface area contributed by atoms with Gasteiger partial charge in [0.15, 0.2) is 0 Å². The summed E-state index contributed by atoms with van der Waals surface area (Å²) in [5.41, 5.74) is 8.99. The third-order valence-corrected chi connectivity index (χ3v) is 8.36. The Kier molecular flexibility index (Phi) is 8.57. The Bertz CT molecular complexity index is 1990. The maximum absolute atomic E-state index is 12.4. The van der Waals surface area contributed by atoms with E-state index in [4.69, 9.17) is 14.6 Å². The van der Waals surface area contributed by atoms with Crippen molar-refractivity contribution in [1.29, 1.82) is 0 Å². The zero-order valence-corrected chi connectivity index (χ0v) is 25.9. The Morgan fingerprint density at radius 1 is 0.761 bits per heavy atom. The number of H-pyrrole nitrogens is 1. The number of hydrogen-bond donors (Lipinski definition) is 2. The van der Waals surface area contributed by atoms with Crippen molar-refractivity contribution < 1.29 is 24.2 Å². The predicted molar refractivity (Wildman–Crippen MR) is 182 cm³/mol. The lowest BCUT2D eigenvalue weighted by Crippen LogP contribution is -2.23. The number of aliphatic carboxylic acids is 1.